The van der Waals surface area contributed by atoms with E-state index >= 15 is 0 Å². The lowest BCUT2D eigenvalue weighted by molar-refractivity contribution is -0.146. The SMILES string of the molecule is C[C@@H](NC(N)=O)C(=O)OCCOc1ccc(Br)cc1. The monoisotopic (exact) mass is 330 g/mol. The number of benzene rings is 1. The minimum absolute atomic E-state index is 0.0969. The van der Waals surface area contributed by atoms with Gasteiger partial charge in [0, 0.05) is 4.47 Å². The zero-order valence-electron chi connectivity index (χ0n) is 10.4. The number of carbonyl (C=O) groups excluding carboxylic acids is 2. The average Bonchev–Trinajstić information content (AvgIpc) is 2.35. The molecule has 1 atom stereocenters. The van der Waals surface area contributed by atoms with E-state index in [0.29, 0.717) is 5.75 Å². The molecule has 0 aliphatic rings. The Kier molecular flexibility index (Phi) is 6.14. The Morgan fingerprint density at radius 2 is 1.95 bits per heavy atom. The van der Waals surface area contributed by atoms with Crippen LogP contribution in [0.2, 0.25) is 0 Å². The first-order chi connectivity index (χ1) is 8.99. The Morgan fingerprint density at radius 1 is 1.32 bits per heavy atom. The maximum absolute atomic E-state index is 11.4. The second-order valence-electron chi connectivity index (χ2n) is 3.70. The van der Waals surface area contributed by atoms with E-state index in [4.69, 9.17) is 15.2 Å². The van der Waals surface area contributed by atoms with Crippen LogP contribution in [0.3, 0.4) is 0 Å². The molecule has 104 valence electrons. The van der Waals surface area contributed by atoms with Crippen LogP contribution >= 0.6 is 15.9 Å². The minimum atomic E-state index is -0.773. The first-order valence-electron chi connectivity index (χ1n) is 5.60. The van der Waals surface area contributed by atoms with Gasteiger partial charge in [0.1, 0.15) is 25.0 Å². The van der Waals surface area contributed by atoms with Crippen LogP contribution in [0.5, 0.6) is 5.75 Å². The van der Waals surface area contributed by atoms with Crippen molar-refractivity contribution in [2.45, 2.75) is 13.0 Å². The smallest absolute Gasteiger partial charge is 0.328 e. The number of hydrogen-bond donors (Lipinski definition) is 2. The molecule has 0 aliphatic carbocycles. The van der Waals surface area contributed by atoms with Crippen LogP contribution < -0.4 is 15.8 Å². The van der Waals surface area contributed by atoms with E-state index in [2.05, 4.69) is 21.2 Å². The molecule has 0 fully saturated rings. The van der Waals surface area contributed by atoms with E-state index in [1.165, 1.54) is 6.92 Å². The molecule has 0 radical (unpaired) electrons. The quantitative estimate of drug-likeness (QED) is 0.609. The molecule has 19 heavy (non-hydrogen) atoms. The van der Waals surface area contributed by atoms with Crippen LogP contribution in [0.1, 0.15) is 6.92 Å². The molecule has 0 aromatic heterocycles. The minimum Gasteiger partial charge on any atom is -0.490 e. The van der Waals surface area contributed by atoms with Gasteiger partial charge in [-0.3, -0.25) is 0 Å². The predicted octanol–water partition coefficient (Wildman–Crippen LogP) is 1.43. The first-order valence-corrected chi connectivity index (χ1v) is 6.39. The van der Waals surface area contributed by atoms with Gasteiger partial charge >= 0.3 is 12.0 Å². The molecule has 7 heteroatoms. The Morgan fingerprint density at radius 3 is 2.53 bits per heavy atom. The number of amides is 2. The molecular formula is C12H15BrN2O4. The zero-order chi connectivity index (χ0) is 14.3. The Balaban J connectivity index is 2.21. The molecule has 1 rings (SSSR count). The topological polar surface area (TPSA) is 90.7 Å². The van der Waals surface area contributed by atoms with Crippen molar-refractivity contribution in [3.63, 3.8) is 0 Å². The number of hydrogen-bond acceptors (Lipinski definition) is 4. The molecule has 6 nitrogen and oxygen atoms in total. The van der Waals surface area contributed by atoms with Gasteiger partial charge in [-0.1, -0.05) is 15.9 Å². The molecule has 0 unspecified atom stereocenters. The van der Waals surface area contributed by atoms with Crippen molar-refractivity contribution in [1.29, 1.82) is 0 Å². The second kappa shape index (κ2) is 7.63. The normalized spacial score (nSPS) is 11.5. The lowest BCUT2D eigenvalue weighted by Gasteiger charge is -2.12. The first kappa shape index (κ1) is 15.3. The number of nitrogens with one attached hydrogen (secondary N) is 1. The molecule has 3 N–H and O–H groups in total. The van der Waals surface area contributed by atoms with Crippen molar-refractivity contribution in [3.8, 4) is 5.75 Å². The molecule has 0 bridgehead atoms. The van der Waals surface area contributed by atoms with Crippen molar-refractivity contribution < 1.29 is 19.1 Å². The number of esters is 1. The Hall–Kier alpha value is -1.76. The number of primary amides is 1. The Labute approximate surface area is 119 Å². The van der Waals surface area contributed by atoms with Gasteiger partial charge in [0.05, 0.1) is 0 Å². The third kappa shape index (κ3) is 6.10. The number of nitrogens with two attached hydrogens (primary N) is 1. The molecule has 0 saturated heterocycles. The van der Waals surface area contributed by atoms with Crippen molar-refractivity contribution in [2.75, 3.05) is 13.2 Å². The van der Waals surface area contributed by atoms with Crippen LogP contribution in [-0.4, -0.2) is 31.3 Å². The number of carbonyl (C=O) groups is 2. The van der Waals surface area contributed by atoms with Crippen LogP contribution in [-0.2, 0) is 9.53 Å². The second-order valence-corrected chi connectivity index (χ2v) is 4.62. The van der Waals surface area contributed by atoms with Gasteiger partial charge in [-0.15, -0.1) is 0 Å². The predicted molar refractivity (Wildman–Crippen MR) is 72.8 cm³/mol. The fourth-order valence-corrected chi connectivity index (χ4v) is 1.49. The summed E-state index contributed by atoms with van der Waals surface area (Å²) in [6.07, 6.45) is 0. The van der Waals surface area contributed by atoms with E-state index in [-0.39, 0.29) is 13.2 Å². The summed E-state index contributed by atoms with van der Waals surface area (Å²) in [5.74, 6) is 0.126. The van der Waals surface area contributed by atoms with E-state index in [1.54, 1.807) is 12.1 Å². The zero-order valence-corrected chi connectivity index (χ0v) is 12.0. The van der Waals surface area contributed by atoms with E-state index in [9.17, 15) is 9.59 Å². The molecule has 2 amide bonds. The number of ether oxygens (including phenoxy) is 2. The number of halogens is 1. The van der Waals surface area contributed by atoms with Crippen molar-refractivity contribution in [2.24, 2.45) is 5.73 Å². The largest absolute Gasteiger partial charge is 0.490 e. The van der Waals surface area contributed by atoms with Gasteiger partial charge in [-0.2, -0.15) is 0 Å². The molecule has 1 aromatic carbocycles. The summed E-state index contributed by atoms with van der Waals surface area (Å²) >= 11 is 3.31. The summed E-state index contributed by atoms with van der Waals surface area (Å²) in [6.45, 7) is 1.82. The summed E-state index contributed by atoms with van der Waals surface area (Å²) in [6, 6.07) is 5.74. The molecule has 1 aromatic rings. The highest BCUT2D eigenvalue weighted by Crippen LogP contribution is 2.15. The standard InChI is InChI=1S/C12H15BrN2O4/c1-8(15-12(14)17)11(16)19-7-6-18-10-4-2-9(13)3-5-10/h2-5,8H,6-7H2,1H3,(H3,14,15,17)/t8-/m1/s1. The molecule has 0 aliphatic heterocycles. The maximum Gasteiger partial charge on any atom is 0.328 e. The molecule has 0 saturated carbocycles. The van der Waals surface area contributed by atoms with E-state index in [0.717, 1.165) is 4.47 Å². The van der Waals surface area contributed by atoms with Crippen molar-refractivity contribution in [1.82, 2.24) is 5.32 Å². The number of rotatable bonds is 6. The van der Waals surface area contributed by atoms with Crippen LogP contribution in [0.4, 0.5) is 4.79 Å². The fourth-order valence-electron chi connectivity index (χ4n) is 1.23. The van der Waals surface area contributed by atoms with Gasteiger partial charge in [0.25, 0.3) is 0 Å². The lowest BCUT2D eigenvalue weighted by Crippen LogP contribution is -2.42. The van der Waals surface area contributed by atoms with E-state index < -0.39 is 18.0 Å². The van der Waals surface area contributed by atoms with Crippen molar-refractivity contribution >= 4 is 27.9 Å². The van der Waals surface area contributed by atoms with Gasteiger partial charge in [0.15, 0.2) is 0 Å². The van der Waals surface area contributed by atoms with Gasteiger partial charge < -0.3 is 20.5 Å². The van der Waals surface area contributed by atoms with Gasteiger partial charge in [0.2, 0.25) is 0 Å². The summed E-state index contributed by atoms with van der Waals surface area (Å²) in [4.78, 5) is 21.9. The van der Waals surface area contributed by atoms with Gasteiger partial charge in [-0.25, -0.2) is 9.59 Å². The average molecular weight is 331 g/mol. The van der Waals surface area contributed by atoms with E-state index in [1.807, 2.05) is 12.1 Å². The highest BCUT2D eigenvalue weighted by Gasteiger charge is 2.15. The highest BCUT2D eigenvalue weighted by molar-refractivity contribution is 9.10. The van der Waals surface area contributed by atoms with Crippen LogP contribution in [0, 0.1) is 0 Å². The van der Waals surface area contributed by atoms with Crippen molar-refractivity contribution in [3.05, 3.63) is 28.7 Å². The van der Waals surface area contributed by atoms with Crippen LogP contribution in [0.25, 0.3) is 0 Å². The summed E-state index contributed by atoms with van der Waals surface area (Å²) in [5.41, 5.74) is 4.89. The summed E-state index contributed by atoms with van der Waals surface area (Å²) in [7, 11) is 0. The maximum atomic E-state index is 11.4. The van der Waals surface area contributed by atoms with Gasteiger partial charge in [-0.05, 0) is 31.2 Å². The highest BCUT2D eigenvalue weighted by atomic mass is 79.9. The summed E-state index contributed by atoms with van der Waals surface area (Å²) in [5, 5.41) is 2.23. The molecular weight excluding hydrogens is 316 g/mol. The fraction of sp³-hybridized carbons (Fsp3) is 0.333. The molecule has 0 heterocycles. The Bertz CT molecular complexity index is 436. The summed E-state index contributed by atoms with van der Waals surface area (Å²) < 4.78 is 11.2. The lowest BCUT2D eigenvalue weighted by atomic mass is 10.3. The number of urea groups is 1. The van der Waals surface area contributed by atoms with Crippen LogP contribution in [0.15, 0.2) is 28.7 Å². The third-order valence-electron chi connectivity index (χ3n) is 2.12. The third-order valence-corrected chi connectivity index (χ3v) is 2.65. The molecule has 0 spiro atoms.